The number of ether oxygens (including phenoxy) is 2. The van der Waals surface area contributed by atoms with Gasteiger partial charge in [-0.25, -0.2) is 4.79 Å². The zero-order valence-electron chi connectivity index (χ0n) is 10.6. The molecule has 0 unspecified atom stereocenters. The van der Waals surface area contributed by atoms with Gasteiger partial charge in [0.2, 0.25) is 0 Å². The first-order valence-corrected chi connectivity index (χ1v) is 6.62. The zero-order valence-corrected chi connectivity index (χ0v) is 11.4. The van der Waals surface area contributed by atoms with Crippen molar-refractivity contribution >= 4 is 23.4 Å². The smallest absolute Gasteiger partial charge is 0.343 e. The van der Waals surface area contributed by atoms with Crippen molar-refractivity contribution in [1.29, 1.82) is 0 Å². The van der Waals surface area contributed by atoms with Gasteiger partial charge in [-0.3, -0.25) is 0 Å². The van der Waals surface area contributed by atoms with Gasteiger partial charge in [0.05, 0.1) is 7.11 Å². The molecule has 0 spiro atoms. The first-order valence-electron chi connectivity index (χ1n) is 5.74. The first-order chi connectivity index (χ1) is 9.24. The van der Waals surface area contributed by atoms with Crippen molar-refractivity contribution in [2.75, 3.05) is 7.11 Å². The number of benzene rings is 1. The Hall–Kier alpha value is -2.07. The predicted octanol–water partition coefficient (Wildman–Crippen LogP) is 3.76. The van der Waals surface area contributed by atoms with E-state index in [0.29, 0.717) is 10.6 Å². The Labute approximate surface area is 116 Å². The fraction of sp³-hybridized carbons (Fsp3) is 0.133. The van der Waals surface area contributed by atoms with Gasteiger partial charge in [0, 0.05) is 0 Å². The normalized spacial score (nSPS) is 9.95. The van der Waals surface area contributed by atoms with E-state index in [9.17, 15) is 4.79 Å². The number of hydrogen-bond donors (Lipinski definition) is 0. The molecule has 0 fully saturated rings. The summed E-state index contributed by atoms with van der Waals surface area (Å²) in [5.41, 5.74) is 2.44. The maximum atomic E-state index is 11.9. The molecule has 4 heteroatoms. The van der Waals surface area contributed by atoms with Gasteiger partial charge in [0.1, 0.15) is 12.2 Å². The lowest BCUT2D eigenvalue weighted by atomic mass is 10.1. The van der Waals surface area contributed by atoms with Gasteiger partial charge in [-0.15, -0.1) is 11.3 Å². The van der Waals surface area contributed by atoms with Crippen LogP contribution in [0.3, 0.4) is 0 Å². The Morgan fingerprint density at radius 3 is 2.68 bits per heavy atom. The lowest BCUT2D eigenvalue weighted by molar-refractivity contribution is 0.0470. The van der Waals surface area contributed by atoms with Gasteiger partial charge in [-0.1, -0.05) is 36.9 Å². The molecule has 0 atom stereocenters. The maximum Gasteiger partial charge on any atom is 0.343 e. The SMILES string of the molecule is C=Cc1ccc(COC(=O)c2ccsc2OC)cc1. The van der Waals surface area contributed by atoms with Crippen molar-refractivity contribution in [3.8, 4) is 5.06 Å². The van der Waals surface area contributed by atoms with E-state index in [1.165, 1.54) is 18.4 Å². The summed E-state index contributed by atoms with van der Waals surface area (Å²) >= 11 is 1.37. The van der Waals surface area contributed by atoms with Gasteiger partial charge in [-0.2, -0.15) is 0 Å². The molecule has 0 aliphatic rings. The molecular formula is C15H14O3S. The molecule has 3 nitrogen and oxygen atoms in total. The van der Waals surface area contributed by atoms with Gasteiger partial charge in [0.15, 0.2) is 5.06 Å². The minimum atomic E-state index is -0.370. The standard InChI is InChI=1S/C15H14O3S/c1-3-11-4-6-12(7-5-11)10-18-14(16)13-8-9-19-15(13)17-2/h3-9H,1,10H2,2H3. The zero-order chi connectivity index (χ0) is 13.7. The number of methoxy groups -OCH3 is 1. The fourth-order valence-electron chi connectivity index (χ4n) is 1.58. The van der Waals surface area contributed by atoms with E-state index >= 15 is 0 Å². The van der Waals surface area contributed by atoms with E-state index in [0.717, 1.165) is 11.1 Å². The molecule has 19 heavy (non-hydrogen) atoms. The van der Waals surface area contributed by atoms with E-state index in [1.807, 2.05) is 24.3 Å². The highest BCUT2D eigenvalue weighted by Crippen LogP contribution is 2.26. The predicted molar refractivity (Wildman–Crippen MR) is 76.5 cm³/mol. The van der Waals surface area contributed by atoms with E-state index in [2.05, 4.69) is 6.58 Å². The Kier molecular flexibility index (Phi) is 4.36. The highest BCUT2D eigenvalue weighted by Gasteiger charge is 2.14. The van der Waals surface area contributed by atoms with E-state index in [1.54, 1.807) is 17.5 Å². The summed E-state index contributed by atoms with van der Waals surface area (Å²) in [6, 6.07) is 9.39. The fourth-order valence-corrected chi connectivity index (χ4v) is 2.28. The molecule has 2 rings (SSSR count). The van der Waals surface area contributed by atoms with Crippen LogP contribution in [0.1, 0.15) is 21.5 Å². The van der Waals surface area contributed by atoms with Crippen LogP contribution in [0.4, 0.5) is 0 Å². The number of thiophene rings is 1. The summed E-state index contributed by atoms with van der Waals surface area (Å²) < 4.78 is 10.3. The molecule has 1 aromatic heterocycles. The van der Waals surface area contributed by atoms with Crippen molar-refractivity contribution in [2.45, 2.75) is 6.61 Å². The number of rotatable bonds is 5. The van der Waals surface area contributed by atoms with E-state index in [4.69, 9.17) is 9.47 Å². The van der Waals surface area contributed by atoms with Crippen LogP contribution in [0.25, 0.3) is 6.08 Å². The number of esters is 1. The Bertz CT molecular complexity index is 569. The third-order valence-corrected chi connectivity index (χ3v) is 3.49. The molecule has 1 aromatic carbocycles. The molecule has 0 saturated carbocycles. The monoisotopic (exact) mass is 274 g/mol. The summed E-state index contributed by atoms with van der Waals surface area (Å²) in [6.45, 7) is 3.93. The number of carbonyl (C=O) groups is 1. The average molecular weight is 274 g/mol. The van der Waals surface area contributed by atoms with Gasteiger partial charge in [0.25, 0.3) is 0 Å². The van der Waals surface area contributed by atoms with Crippen molar-refractivity contribution < 1.29 is 14.3 Å². The molecule has 0 aliphatic heterocycles. The minimum Gasteiger partial charge on any atom is -0.487 e. The third-order valence-electron chi connectivity index (χ3n) is 2.62. The molecule has 0 saturated heterocycles. The van der Waals surface area contributed by atoms with Crippen molar-refractivity contribution in [3.63, 3.8) is 0 Å². The number of hydrogen-bond acceptors (Lipinski definition) is 4. The van der Waals surface area contributed by atoms with Crippen LogP contribution in [0, 0.1) is 0 Å². The molecule has 1 heterocycles. The van der Waals surface area contributed by atoms with E-state index in [-0.39, 0.29) is 12.6 Å². The molecule has 2 aromatic rings. The van der Waals surface area contributed by atoms with Crippen molar-refractivity contribution in [2.24, 2.45) is 0 Å². The highest BCUT2D eigenvalue weighted by atomic mass is 32.1. The van der Waals surface area contributed by atoms with Crippen molar-refractivity contribution in [3.05, 3.63) is 59.0 Å². The van der Waals surface area contributed by atoms with Crippen LogP contribution in [0.15, 0.2) is 42.3 Å². The van der Waals surface area contributed by atoms with Crippen LogP contribution in [0.5, 0.6) is 5.06 Å². The van der Waals surface area contributed by atoms with Crippen LogP contribution in [0.2, 0.25) is 0 Å². The minimum absolute atomic E-state index is 0.245. The largest absolute Gasteiger partial charge is 0.487 e. The van der Waals surface area contributed by atoms with Crippen LogP contribution < -0.4 is 4.74 Å². The summed E-state index contributed by atoms with van der Waals surface area (Å²) in [5, 5.41) is 2.38. The quantitative estimate of drug-likeness (QED) is 0.779. The van der Waals surface area contributed by atoms with Gasteiger partial charge < -0.3 is 9.47 Å². The summed E-state index contributed by atoms with van der Waals surface area (Å²) in [4.78, 5) is 11.9. The molecule has 0 amide bonds. The third kappa shape index (κ3) is 3.23. The van der Waals surface area contributed by atoms with E-state index < -0.39 is 0 Å². The van der Waals surface area contributed by atoms with Gasteiger partial charge in [-0.05, 0) is 22.6 Å². The molecule has 0 aliphatic carbocycles. The lowest BCUT2D eigenvalue weighted by Crippen LogP contribution is -2.05. The maximum absolute atomic E-state index is 11.9. The van der Waals surface area contributed by atoms with Crippen LogP contribution >= 0.6 is 11.3 Å². The molecule has 0 radical (unpaired) electrons. The number of carbonyl (C=O) groups excluding carboxylic acids is 1. The Balaban J connectivity index is 1.98. The lowest BCUT2D eigenvalue weighted by Gasteiger charge is -2.05. The molecular weight excluding hydrogens is 260 g/mol. The molecule has 0 bridgehead atoms. The second-order valence-electron chi connectivity index (χ2n) is 3.85. The van der Waals surface area contributed by atoms with Crippen LogP contribution in [-0.2, 0) is 11.3 Å². The highest BCUT2D eigenvalue weighted by molar-refractivity contribution is 7.12. The summed E-state index contributed by atoms with van der Waals surface area (Å²) in [5.74, 6) is -0.370. The summed E-state index contributed by atoms with van der Waals surface area (Å²) in [7, 11) is 1.54. The topological polar surface area (TPSA) is 35.5 Å². The van der Waals surface area contributed by atoms with Gasteiger partial charge >= 0.3 is 5.97 Å². The Morgan fingerprint density at radius 2 is 2.05 bits per heavy atom. The summed E-state index contributed by atoms with van der Waals surface area (Å²) in [6.07, 6.45) is 1.77. The molecule has 0 N–H and O–H groups in total. The van der Waals surface area contributed by atoms with Crippen molar-refractivity contribution in [1.82, 2.24) is 0 Å². The molecule has 98 valence electrons. The first kappa shape index (κ1) is 13.4. The second-order valence-corrected chi connectivity index (χ2v) is 4.73. The second kappa shape index (κ2) is 6.20. The van der Waals surface area contributed by atoms with Crippen LogP contribution in [-0.4, -0.2) is 13.1 Å². The average Bonchev–Trinajstić information content (AvgIpc) is 2.93. The Morgan fingerprint density at radius 1 is 1.32 bits per heavy atom.